The monoisotopic (exact) mass is 279 g/mol. The van der Waals surface area contributed by atoms with Crippen LogP contribution in [0.25, 0.3) is 0 Å². The fourth-order valence-electron chi connectivity index (χ4n) is 2.69. The van der Waals surface area contributed by atoms with Gasteiger partial charge in [-0.3, -0.25) is 4.79 Å². The van der Waals surface area contributed by atoms with Crippen molar-refractivity contribution in [3.63, 3.8) is 0 Å². The van der Waals surface area contributed by atoms with Gasteiger partial charge in [0.1, 0.15) is 5.82 Å². The first-order valence-corrected chi connectivity index (χ1v) is 7.16. The van der Waals surface area contributed by atoms with Crippen LogP contribution in [0.1, 0.15) is 37.0 Å². The molecule has 2 unspecified atom stereocenters. The predicted molar refractivity (Wildman–Crippen MR) is 78.4 cm³/mol. The van der Waals surface area contributed by atoms with E-state index in [9.17, 15) is 9.18 Å². The van der Waals surface area contributed by atoms with Crippen LogP contribution in [0.5, 0.6) is 0 Å². The Morgan fingerprint density at radius 2 is 2.20 bits per heavy atom. The Morgan fingerprint density at radius 3 is 2.75 bits per heavy atom. The molecule has 0 bridgehead atoms. The Balaban J connectivity index is 2.29. The Kier molecular flexibility index (Phi) is 4.60. The molecule has 0 radical (unpaired) electrons. The quantitative estimate of drug-likeness (QED) is 0.885. The van der Waals surface area contributed by atoms with E-state index in [2.05, 4.69) is 24.1 Å². The molecule has 0 spiro atoms. The maximum absolute atomic E-state index is 14.3. The first kappa shape index (κ1) is 14.8. The Hall–Kier alpha value is -1.62. The number of anilines is 1. The molecule has 5 heteroatoms. The third-order valence-corrected chi connectivity index (χ3v) is 4.01. The number of piperazine rings is 1. The minimum absolute atomic E-state index is 0.210. The SMILES string of the molecule is CCC1CN(c2ccc(C(N)=O)cc2F)C(CC)CN1. The molecule has 1 heterocycles. The van der Waals surface area contributed by atoms with Crippen molar-refractivity contribution in [3.05, 3.63) is 29.6 Å². The van der Waals surface area contributed by atoms with E-state index in [1.54, 1.807) is 12.1 Å². The first-order valence-electron chi connectivity index (χ1n) is 7.16. The third-order valence-electron chi connectivity index (χ3n) is 4.01. The van der Waals surface area contributed by atoms with Gasteiger partial charge in [0.25, 0.3) is 0 Å². The van der Waals surface area contributed by atoms with Gasteiger partial charge in [-0.05, 0) is 31.0 Å². The highest BCUT2D eigenvalue weighted by atomic mass is 19.1. The Bertz CT molecular complexity index is 492. The fourth-order valence-corrected chi connectivity index (χ4v) is 2.69. The topological polar surface area (TPSA) is 58.4 Å². The van der Waals surface area contributed by atoms with Crippen molar-refractivity contribution >= 4 is 11.6 Å². The van der Waals surface area contributed by atoms with Crippen molar-refractivity contribution in [1.29, 1.82) is 0 Å². The highest BCUT2D eigenvalue weighted by Crippen LogP contribution is 2.26. The van der Waals surface area contributed by atoms with Gasteiger partial charge in [-0.15, -0.1) is 0 Å². The molecule has 110 valence electrons. The number of carbonyl (C=O) groups excluding carboxylic acids is 1. The van der Waals surface area contributed by atoms with Crippen LogP contribution >= 0.6 is 0 Å². The molecule has 1 aromatic rings. The standard InChI is InChI=1S/C15H22FN3O/c1-3-11-9-19(12(4-2)8-18-11)14-6-5-10(15(17)20)7-13(14)16/h5-7,11-12,18H,3-4,8-9H2,1-2H3,(H2,17,20). The number of nitrogens with one attached hydrogen (secondary N) is 1. The van der Waals surface area contributed by atoms with Gasteiger partial charge in [0, 0.05) is 30.7 Å². The van der Waals surface area contributed by atoms with E-state index < -0.39 is 5.91 Å². The molecule has 1 amide bonds. The van der Waals surface area contributed by atoms with Crippen molar-refractivity contribution in [2.75, 3.05) is 18.0 Å². The minimum Gasteiger partial charge on any atom is -0.366 e. The van der Waals surface area contributed by atoms with Gasteiger partial charge in [0.2, 0.25) is 5.91 Å². The van der Waals surface area contributed by atoms with Crippen LogP contribution in [-0.4, -0.2) is 31.1 Å². The lowest BCUT2D eigenvalue weighted by molar-refractivity contribution is 0.1000. The molecule has 1 fully saturated rings. The Morgan fingerprint density at radius 1 is 1.45 bits per heavy atom. The zero-order valence-electron chi connectivity index (χ0n) is 12.0. The van der Waals surface area contributed by atoms with Crippen molar-refractivity contribution < 1.29 is 9.18 Å². The molecule has 2 rings (SSSR count). The van der Waals surface area contributed by atoms with Crippen LogP contribution in [0.15, 0.2) is 18.2 Å². The summed E-state index contributed by atoms with van der Waals surface area (Å²) in [7, 11) is 0. The summed E-state index contributed by atoms with van der Waals surface area (Å²) in [6.45, 7) is 5.85. The van der Waals surface area contributed by atoms with Crippen molar-refractivity contribution in [2.24, 2.45) is 5.73 Å². The average Bonchev–Trinajstić information content (AvgIpc) is 2.46. The molecule has 4 nitrogen and oxygen atoms in total. The van der Waals surface area contributed by atoms with Crippen LogP contribution in [-0.2, 0) is 0 Å². The van der Waals surface area contributed by atoms with Gasteiger partial charge in [-0.2, -0.15) is 0 Å². The number of benzene rings is 1. The zero-order valence-corrected chi connectivity index (χ0v) is 12.0. The van der Waals surface area contributed by atoms with Gasteiger partial charge in [-0.1, -0.05) is 13.8 Å². The predicted octanol–water partition coefficient (Wildman–Crippen LogP) is 1.89. The molecular formula is C15H22FN3O. The van der Waals surface area contributed by atoms with E-state index in [4.69, 9.17) is 5.73 Å². The molecular weight excluding hydrogens is 257 g/mol. The maximum Gasteiger partial charge on any atom is 0.248 e. The number of rotatable bonds is 4. The number of halogens is 1. The summed E-state index contributed by atoms with van der Waals surface area (Å²) >= 11 is 0. The molecule has 0 aliphatic carbocycles. The third kappa shape index (κ3) is 2.93. The van der Waals surface area contributed by atoms with Gasteiger partial charge in [-0.25, -0.2) is 4.39 Å². The summed E-state index contributed by atoms with van der Waals surface area (Å²) in [5, 5.41) is 3.48. The summed E-state index contributed by atoms with van der Waals surface area (Å²) < 4.78 is 14.3. The van der Waals surface area contributed by atoms with Crippen molar-refractivity contribution in [1.82, 2.24) is 5.32 Å². The lowest BCUT2D eigenvalue weighted by atomic mass is 10.0. The molecule has 1 aliphatic rings. The van der Waals surface area contributed by atoms with Crippen LogP contribution in [0.2, 0.25) is 0 Å². The fraction of sp³-hybridized carbons (Fsp3) is 0.533. The molecule has 1 aromatic carbocycles. The van der Waals surface area contributed by atoms with Crippen LogP contribution in [0, 0.1) is 5.82 Å². The highest BCUT2D eigenvalue weighted by molar-refractivity contribution is 5.93. The van der Waals surface area contributed by atoms with E-state index >= 15 is 0 Å². The number of hydrogen-bond donors (Lipinski definition) is 2. The summed E-state index contributed by atoms with van der Waals surface area (Å²) in [5.74, 6) is -0.981. The van der Waals surface area contributed by atoms with E-state index in [1.807, 2.05) is 0 Å². The smallest absolute Gasteiger partial charge is 0.248 e. The summed E-state index contributed by atoms with van der Waals surface area (Å²) in [6.07, 6.45) is 1.95. The average molecular weight is 279 g/mol. The molecule has 0 aromatic heterocycles. The summed E-state index contributed by atoms with van der Waals surface area (Å²) in [5.41, 5.74) is 5.95. The lowest BCUT2D eigenvalue weighted by Crippen LogP contribution is -2.56. The zero-order chi connectivity index (χ0) is 14.7. The number of carbonyl (C=O) groups is 1. The van der Waals surface area contributed by atoms with Gasteiger partial charge in [0.15, 0.2) is 0 Å². The summed E-state index contributed by atoms with van der Waals surface area (Å²) in [4.78, 5) is 13.2. The highest BCUT2D eigenvalue weighted by Gasteiger charge is 2.27. The van der Waals surface area contributed by atoms with E-state index in [1.165, 1.54) is 6.07 Å². The Labute approximate surface area is 119 Å². The maximum atomic E-state index is 14.3. The molecule has 20 heavy (non-hydrogen) atoms. The van der Waals surface area contributed by atoms with Crippen molar-refractivity contribution in [3.8, 4) is 0 Å². The van der Waals surface area contributed by atoms with E-state index in [0.29, 0.717) is 11.7 Å². The number of hydrogen-bond acceptors (Lipinski definition) is 3. The van der Waals surface area contributed by atoms with E-state index in [0.717, 1.165) is 25.9 Å². The molecule has 3 N–H and O–H groups in total. The van der Waals surface area contributed by atoms with Crippen LogP contribution < -0.4 is 16.0 Å². The van der Waals surface area contributed by atoms with Gasteiger partial charge < -0.3 is 16.0 Å². The minimum atomic E-state index is -0.603. The number of amides is 1. The number of nitrogens with zero attached hydrogens (tertiary/aromatic N) is 1. The number of nitrogens with two attached hydrogens (primary N) is 1. The first-order chi connectivity index (χ1) is 9.56. The summed E-state index contributed by atoms with van der Waals surface area (Å²) in [6, 6.07) is 5.12. The number of primary amides is 1. The van der Waals surface area contributed by atoms with Gasteiger partial charge >= 0.3 is 0 Å². The molecule has 2 atom stereocenters. The van der Waals surface area contributed by atoms with Crippen LogP contribution in [0.4, 0.5) is 10.1 Å². The second-order valence-corrected chi connectivity index (χ2v) is 5.26. The molecule has 0 saturated carbocycles. The van der Waals surface area contributed by atoms with Crippen LogP contribution in [0.3, 0.4) is 0 Å². The largest absolute Gasteiger partial charge is 0.366 e. The normalized spacial score (nSPS) is 22.9. The lowest BCUT2D eigenvalue weighted by Gasteiger charge is -2.41. The van der Waals surface area contributed by atoms with Crippen molar-refractivity contribution in [2.45, 2.75) is 38.8 Å². The molecule has 1 aliphatic heterocycles. The van der Waals surface area contributed by atoms with E-state index in [-0.39, 0.29) is 17.4 Å². The second kappa shape index (κ2) is 6.22. The van der Waals surface area contributed by atoms with Gasteiger partial charge in [0.05, 0.1) is 5.69 Å². The second-order valence-electron chi connectivity index (χ2n) is 5.26. The molecule has 1 saturated heterocycles.